The highest BCUT2D eigenvalue weighted by molar-refractivity contribution is 8.26. The van der Waals surface area contributed by atoms with Gasteiger partial charge in [-0.2, -0.15) is 5.26 Å². The fourth-order valence-electron chi connectivity index (χ4n) is 3.91. The van der Waals surface area contributed by atoms with Crippen LogP contribution in [0.2, 0.25) is 0 Å². The normalized spacial score (nSPS) is 18.0. The Bertz CT molecular complexity index is 1060. The summed E-state index contributed by atoms with van der Waals surface area (Å²) < 4.78 is 1.88. The summed E-state index contributed by atoms with van der Waals surface area (Å²) in [7, 11) is 1.65. The number of carbonyl (C=O) groups excluding carboxylic acids is 1. The van der Waals surface area contributed by atoms with Gasteiger partial charge < -0.3 is 10.0 Å². The molecular formula is C21H24N4O4S2. The number of aromatic nitrogens is 1. The van der Waals surface area contributed by atoms with Crippen molar-refractivity contribution in [2.75, 3.05) is 24.5 Å². The van der Waals surface area contributed by atoms with Crippen LogP contribution >= 0.6 is 24.0 Å². The van der Waals surface area contributed by atoms with Gasteiger partial charge in [-0.25, -0.2) is 0 Å². The molecule has 3 rings (SSSR count). The van der Waals surface area contributed by atoms with Crippen molar-refractivity contribution in [2.24, 2.45) is 7.05 Å². The number of hydrogen-bond donors (Lipinski definition) is 1. The van der Waals surface area contributed by atoms with Crippen LogP contribution in [0.1, 0.15) is 48.8 Å². The maximum absolute atomic E-state index is 13.0. The number of thiocarbonyl (C=S) groups is 1. The van der Waals surface area contributed by atoms with Crippen LogP contribution in [0.5, 0.6) is 0 Å². The zero-order chi connectivity index (χ0) is 22.7. The Morgan fingerprint density at radius 2 is 1.97 bits per heavy atom. The Hall–Kier alpha value is -2.64. The van der Waals surface area contributed by atoms with Crippen LogP contribution in [0.25, 0.3) is 6.08 Å². The van der Waals surface area contributed by atoms with Crippen molar-refractivity contribution < 1.29 is 14.7 Å². The molecule has 0 radical (unpaired) electrons. The molecule has 1 aromatic heterocycles. The van der Waals surface area contributed by atoms with Crippen molar-refractivity contribution in [3.8, 4) is 6.07 Å². The second-order valence-corrected chi connectivity index (χ2v) is 9.27. The molecule has 0 unspecified atom stereocenters. The molecule has 0 aromatic carbocycles. The molecule has 1 N–H and O–H groups in total. The number of nitriles is 1. The molecule has 31 heavy (non-hydrogen) atoms. The van der Waals surface area contributed by atoms with Crippen molar-refractivity contribution in [1.82, 2.24) is 9.47 Å². The van der Waals surface area contributed by atoms with Gasteiger partial charge in [-0.1, -0.05) is 24.0 Å². The molecule has 164 valence electrons. The van der Waals surface area contributed by atoms with Gasteiger partial charge in [0.05, 0.1) is 4.91 Å². The van der Waals surface area contributed by atoms with Gasteiger partial charge in [-0.15, -0.1) is 0 Å². The first-order valence-corrected chi connectivity index (χ1v) is 11.3. The molecule has 2 aliphatic rings. The van der Waals surface area contributed by atoms with Crippen LogP contribution in [0.4, 0.5) is 5.82 Å². The number of amides is 1. The largest absolute Gasteiger partial charge is 0.481 e. The maximum Gasteiger partial charge on any atom is 0.303 e. The number of rotatable bonds is 6. The van der Waals surface area contributed by atoms with Crippen LogP contribution in [-0.4, -0.2) is 50.4 Å². The predicted molar refractivity (Wildman–Crippen MR) is 124 cm³/mol. The summed E-state index contributed by atoms with van der Waals surface area (Å²) in [4.78, 5) is 40.4. The first-order chi connectivity index (χ1) is 14.8. The standard InChI is InChI=1S/C21H24N4O4S2/c1-13-14(11-16-20(29)25(21(30)31-16)10-6-7-17(26)27)18(24-8-4-3-5-9-24)23(2)19(28)15(13)12-22/h11H,3-10H2,1-2H3,(H,26,27)/b16-11-. The van der Waals surface area contributed by atoms with Crippen LogP contribution < -0.4 is 10.5 Å². The Balaban J connectivity index is 2.04. The van der Waals surface area contributed by atoms with Crippen molar-refractivity contribution >= 4 is 52.1 Å². The second kappa shape index (κ2) is 9.66. The third-order valence-electron chi connectivity index (χ3n) is 5.54. The minimum Gasteiger partial charge on any atom is -0.481 e. The molecule has 0 saturated carbocycles. The van der Waals surface area contributed by atoms with E-state index in [0.717, 1.165) is 44.1 Å². The van der Waals surface area contributed by atoms with Crippen molar-refractivity contribution in [3.05, 3.63) is 31.9 Å². The number of anilines is 1. The molecule has 10 heteroatoms. The maximum atomic E-state index is 13.0. The minimum atomic E-state index is -0.919. The smallest absolute Gasteiger partial charge is 0.303 e. The van der Waals surface area contributed by atoms with Gasteiger partial charge in [-0.05, 0) is 44.2 Å². The van der Waals surface area contributed by atoms with Crippen molar-refractivity contribution in [3.63, 3.8) is 0 Å². The van der Waals surface area contributed by atoms with Gasteiger partial charge >= 0.3 is 5.97 Å². The van der Waals surface area contributed by atoms with Gasteiger partial charge in [-0.3, -0.25) is 23.9 Å². The first-order valence-electron chi connectivity index (χ1n) is 10.1. The summed E-state index contributed by atoms with van der Waals surface area (Å²) in [5.41, 5.74) is 0.930. The molecule has 0 spiro atoms. The lowest BCUT2D eigenvalue weighted by Gasteiger charge is -2.32. The van der Waals surface area contributed by atoms with Crippen molar-refractivity contribution in [2.45, 2.75) is 39.0 Å². The number of aliphatic carboxylic acids is 1. The monoisotopic (exact) mass is 460 g/mol. The molecular weight excluding hydrogens is 436 g/mol. The lowest BCUT2D eigenvalue weighted by atomic mass is 10.0. The Morgan fingerprint density at radius 1 is 1.29 bits per heavy atom. The average molecular weight is 461 g/mol. The third kappa shape index (κ3) is 4.67. The number of piperidine rings is 1. The molecule has 1 aromatic rings. The van der Waals surface area contributed by atoms with Crippen molar-refractivity contribution in [1.29, 1.82) is 5.26 Å². The fourth-order valence-corrected chi connectivity index (χ4v) is 5.20. The van der Waals surface area contributed by atoms with E-state index in [1.165, 1.54) is 9.47 Å². The van der Waals surface area contributed by atoms with E-state index in [1.54, 1.807) is 20.0 Å². The van der Waals surface area contributed by atoms with Crippen LogP contribution in [-0.2, 0) is 16.6 Å². The van der Waals surface area contributed by atoms with Crippen LogP contribution in [0.3, 0.4) is 0 Å². The highest BCUT2D eigenvalue weighted by atomic mass is 32.2. The van der Waals surface area contributed by atoms with Gasteiger partial charge in [0.15, 0.2) is 0 Å². The fraction of sp³-hybridized carbons (Fsp3) is 0.476. The van der Waals surface area contributed by atoms with Gasteiger partial charge in [0, 0.05) is 38.7 Å². The van der Waals surface area contributed by atoms with E-state index >= 15 is 0 Å². The van der Waals surface area contributed by atoms with E-state index in [1.807, 2.05) is 6.07 Å². The van der Waals surface area contributed by atoms with E-state index in [2.05, 4.69) is 4.90 Å². The lowest BCUT2D eigenvalue weighted by molar-refractivity contribution is -0.137. The number of nitrogens with zero attached hydrogens (tertiary/aromatic N) is 4. The highest BCUT2D eigenvalue weighted by Gasteiger charge is 2.33. The number of carbonyl (C=O) groups is 2. The quantitative estimate of drug-likeness (QED) is 0.510. The van der Waals surface area contributed by atoms with E-state index in [4.69, 9.17) is 17.3 Å². The number of carboxylic acids is 1. The average Bonchev–Trinajstić information content (AvgIpc) is 3.00. The third-order valence-corrected chi connectivity index (χ3v) is 6.92. The minimum absolute atomic E-state index is 0.0410. The van der Waals surface area contributed by atoms with Gasteiger partial charge in [0.1, 0.15) is 21.8 Å². The summed E-state index contributed by atoms with van der Waals surface area (Å²) in [5, 5.41) is 18.4. The van der Waals surface area contributed by atoms with E-state index in [-0.39, 0.29) is 30.0 Å². The molecule has 3 heterocycles. The molecule has 1 amide bonds. The molecule has 8 nitrogen and oxygen atoms in total. The zero-order valence-corrected chi connectivity index (χ0v) is 19.1. The Morgan fingerprint density at radius 3 is 2.58 bits per heavy atom. The second-order valence-electron chi connectivity index (χ2n) is 7.59. The number of pyridine rings is 1. The summed E-state index contributed by atoms with van der Waals surface area (Å²) in [6.45, 7) is 3.57. The van der Waals surface area contributed by atoms with Crippen LogP contribution in [0.15, 0.2) is 9.70 Å². The van der Waals surface area contributed by atoms with E-state index in [0.29, 0.717) is 32.6 Å². The topological polar surface area (TPSA) is 107 Å². The molecule has 0 bridgehead atoms. The molecule has 2 fully saturated rings. The molecule has 0 aliphatic carbocycles. The molecule has 2 saturated heterocycles. The van der Waals surface area contributed by atoms with Gasteiger partial charge in [0.2, 0.25) is 0 Å². The Kier molecular flexibility index (Phi) is 7.18. The van der Waals surface area contributed by atoms with Crippen LogP contribution in [0, 0.1) is 18.3 Å². The number of carboxylic acid groups (broad SMARTS) is 1. The number of thioether (sulfide) groups is 1. The summed E-state index contributed by atoms with van der Waals surface area (Å²) in [6, 6.07) is 2.00. The molecule has 0 atom stereocenters. The van der Waals surface area contributed by atoms with E-state index < -0.39 is 5.97 Å². The molecule has 2 aliphatic heterocycles. The zero-order valence-electron chi connectivity index (χ0n) is 17.5. The van der Waals surface area contributed by atoms with Gasteiger partial charge in [0.25, 0.3) is 11.5 Å². The Labute approximate surface area is 190 Å². The lowest BCUT2D eigenvalue weighted by Crippen LogP contribution is -2.36. The summed E-state index contributed by atoms with van der Waals surface area (Å²) in [5.74, 6) is -0.494. The highest BCUT2D eigenvalue weighted by Crippen LogP contribution is 2.36. The SMILES string of the molecule is Cc1c(/C=C2\SC(=S)N(CCCC(=O)O)C2=O)c(N2CCCCC2)n(C)c(=O)c1C#N. The predicted octanol–water partition coefficient (Wildman–Crippen LogP) is 2.62. The first kappa shape index (κ1) is 23.0. The summed E-state index contributed by atoms with van der Waals surface area (Å²) in [6.07, 6.45) is 5.14. The number of hydrogen-bond acceptors (Lipinski definition) is 7. The van der Waals surface area contributed by atoms with E-state index in [9.17, 15) is 19.6 Å². The summed E-state index contributed by atoms with van der Waals surface area (Å²) >= 11 is 6.49.